The first-order chi connectivity index (χ1) is 8.24. The normalized spacial score (nSPS) is 25.1. The molecule has 1 N–H and O–H groups in total. The third kappa shape index (κ3) is 4.61. The fourth-order valence-corrected chi connectivity index (χ4v) is 3.83. The van der Waals surface area contributed by atoms with Crippen LogP contribution in [0.5, 0.6) is 0 Å². The van der Waals surface area contributed by atoms with Crippen molar-refractivity contribution < 1.29 is 0 Å². The molecule has 0 amide bonds. The van der Waals surface area contributed by atoms with Gasteiger partial charge in [-0.05, 0) is 37.3 Å². The summed E-state index contributed by atoms with van der Waals surface area (Å²) in [7, 11) is 0. The molecule has 1 heterocycles. The minimum Gasteiger partial charge on any atom is -0.312 e. The molecular formula is C14H22ClNS. The lowest BCUT2D eigenvalue weighted by Crippen LogP contribution is -2.20. The van der Waals surface area contributed by atoms with E-state index in [1.807, 2.05) is 5.38 Å². The Balaban J connectivity index is 1.59. The monoisotopic (exact) mass is 271 g/mol. The summed E-state index contributed by atoms with van der Waals surface area (Å²) in [5.74, 6) is 1.91. The third-order valence-electron chi connectivity index (χ3n) is 3.70. The van der Waals surface area contributed by atoms with E-state index < -0.39 is 0 Å². The minimum absolute atomic E-state index is 0.868. The molecule has 0 bridgehead atoms. The molecule has 17 heavy (non-hydrogen) atoms. The van der Waals surface area contributed by atoms with Crippen LogP contribution in [0.15, 0.2) is 11.4 Å². The first-order valence-corrected chi connectivity index (χ1v) is 7.93. The Labute approximate surface area is 114 Å². The van der Waals surface area contributed by atoms with Gasteiger partial charge in [0.25, 0.3) is 0 Å². The Morgan fingerprint density at radius 1 is 1.47 bits per heavy atom. The van der Waals surface area contributed by atoms with Gasteiger partial charge < -0.3 is 5.32 Å². The van der Waals surface area contributed by atoms with Gasteiger partial charge in [0.2, 0.25) is 0 Å². The first-order valence-electron chi connectivity index (χ1n) is 6.67. The summed E-state index contributed by atoms with van der Waals surface area (Å²) in [5.41, 5.74) is 0. The van der Waals surface area contributed by atoms with Crippen LogP contribution in [0.1, 0.15) is 43.9 Å². The number of hydrogen-bond donors (Lipinski definition) is 1. The topological polar surface area (TPSA) is 12.0 Å². The summed E-state index contributed by atoms with van der Waals surface area (Å²) in [5, 5.41) is 6.40. The Morgan fingerprint density at radius 3 is 3.06 bits per heavy atom. The maximum atomic E-state index is 5.89. The van der Waals surface area contributed by atoms with E-state index in [1.54, 1.807) is 11.3 Å². The van der Waals surface area contributed by atoms with Gasteiger partial charge in [0, 0.05) is 16.8 Å². The molecule has 1 aliphatic carbocycles. The lowest BCUT2D eigenvalue weighted by atomic mass is 9.81. The van der Waals surface area contributed by atoms with Crippen LogP contribution in [0.25, 0.3) is 0 Å². The van der Waals surface area contributed by atoms with E-state index in [4.69, 9.17) is 11.6 Å². The molecule has 0 radical (unpaired) electrons. The molecule has 0 aromatic carbocycles. The molecule has 1 fully saturated rings. The van der Waals surface area contributed by atoms with E-state index in [-0.39, 0.29) is 0 Å². The molecule has 1 aromatic rings. The van der Waals surface area contributed by atoms with Crippen molar-refractivity contribution in [2.75, 3.05) is 6.54 Å². The van der Waals surface area contributed by atoms with Crippen molar-refractivity contribution in [1.82, 2.24) is 5.32 Å². The van der Waals surface area contributed by atoms with E-state index in [0.717, 1.165) is 29.9 Å². The summed E-state index contributed by atoms with van der Waals surface area (Å²) in [6.07, 6.45) is 7.09. The quantitative estimate of drug-likeness (QED) is 0.765. The molecule has 0 spiro atoms. The second-order valence-corrected chi connectivity index (χ2v) is 6.77. The molecule has 1 nitrogen and oxygen atoms in total. The Bertz CT molecular complexity index is 337. The van der Waals surface area contributed by atoms with Gasteiger partial charge in [0.15, 0.2) is 0 Å². The molecule has 1 saturated carbocycles. The maximum absolute atomic E-state index is 5.89. The summed E-state index contributed by atoms with van der Waals surface area (Å²) >= 11 is 7.64. The highest BCUT2D eigenvalue weighted by molar-refractivity contribution is 7.10. The summed E-state index contributed by atoms with van der Waals surface area (Å²) in [6, 6.07) is 2.06. The van der Waals surface area contributed by atoms with Gasteiger partial charge in [-0.25, -0.2) is 0 Å². The van der Waals surface area contributed by atoms with Crippen molar-refractivity contribution in [2.24, 2.45) is 11.8 Å². The van der Waals surface area contributed by atoms with Crippen LogP contribution >= 0.6 is 22.9 Å². The van der Waals surface area contributed by atoms with Crippen LogP contribution in [0.3, 0.4) is 0 Å². The van der Waals surface area contributed by atoms with Crippen LogP contribution in [0.2, 0.25) is 5.02 Å². The molecule has 1 aliphatic rings. The van der Waals surface area contributed by atoms with E-state index in [0.29, 0.717) is 0 Å². The lowest BCUT2D eigenvalue weighted by molar-refractivity contribution is 0.267. The maximum Gasteiger partial charge on any atom is 0.0516 e. The second kappa shape index (κ2) is 6.77. The SMILES string of the molecule is CC1CCCC(CCNCc2cc(Cl)cs2)C1. The number of hydrogen-bond acceptors (Lipinski definition) is 2. The Morgan fingerprint density at radius 2 is 2.35 bits per heavy atom. The Kier molecular flexibility index (Phi) is 5.33. The molecule has 0 aliphatic heterocycles. The highest BCUT2D eigenvalue weighted by atomic mass is 35.5. The Hall–Kier alpha value is -0.0500. The van der Waals surface area contributed by atoms with Gasteiger partial charge in [-0.15, -0.1) is 11.3 Å². The van der Waals surface area contributed by atoms with Crippen LogP contribution in [-0.4, -0.2) is 6.54 Å². The molecule has 2 atom stereocenters. The number of thiophene rings is 1. The molecule has 3 heteroatoms. The van der Waals surface area contributed by atoms with Gasteiger partial charge in [-0.2, -0.15) is 0 Å². The van der Waals surface area contributed by atoms with Crippen LogP contribution in [0.4, 0.5) is 0 Å². The molecule has 96 valence electrons. The van der Waals surface area contributed by atoms with Crippen molar-refractivity contribution in [3.8, 4) is 0 Å². The largest absolute Gasteiger partial charge is 0.312 e. The molecule has 2 rings (SSSR count). The second-order valence-electron chi connectivity index (χ2n) is 5.33. The zero-order valence-corrected chi connectivity index (χ0v) is 12.1. The summed E-state index contributed by atoms with van der Waals surface area (Å²) in [6.45, 7) is 4.51. The fraction of sp³-hybridized carbons (Fsp3) is 0.714. The zero-order chi connectivity index (χ0) is 12.1. The molecule has 1 aromatic heterocycles. The van der Waals surface area contributed by atoms with Crippen LogP contribution in [-0.2, 0) is 6.54 Å². The van der Waals surface area contributed by atoms with Crippen LogP contribution in [0, 0.1) is 11.8 Å². The average Bonchev–Trinajstić information content (AvgIpc) is 2.71. The van der Waals surface area contributed by atoms with Gasteiger partial charge in [0.1, 0.15) is 0 Å². The van der Waals surface area contributed by atoms with Gasteiger partial charge in [0.05, 0.1) is 5.02 Å². The summed E-state index contributed by atoms with van der Waals surface area (Å²) < 4.78 is 0. The van der Waals surface area contributed by atoms with Gasteiger partial charge in [-0.1, -0.05) is 37.8 Å². The van der Waals surface area contributed by atoms with Crippen molar-refractivity contribution in [3.63, 3.8) is 0 Å². The molecule has 2 unspecified atom stereocenters. The smallest absolute Gasteiger partial charge is 0.0516 e. The molecular weight excluding hydrogens is 250 g/mol. The van der Waals surface area contributed by atoms with Crippen molar-refractivity contribution in [1.29, 1.82) is 0 Å². The highest BCUT2D eigenvalue weighted by Gasteiger charge is 2.17. The van der Waals surface area contributed by atoms with Crippen molar-refractivity contribution in [3.05, 3.63) is 21.3 Å². The highest BCUT2D eigenvalue weighted by Crippen LogP contribution is 2.30. The standard InChI is InChI=1S/C14H22ClNS/c1-11-3-2-4-12(7-11)5-6-16-9-14-8-13(15)10-17-14/h8,10-12,16H,2-7,9H2,1H3. The zero-order valence-electron chi connectivity index (χ0n) is 10.5. The average molecular weight is 272 g/mol. The molecule has 0 saturated heterocycles. The van der Waals surface area contributed by atoms with Gasteiger partial charge in [-0.3, -0.25) is 0 Å². The fourth-order valence-electron chi connectivity index (χ4n) is 2.79. The van der Waals surface area contributed by atoms with E-state index in [2.05, 4.69) is 18.3 Å². The third-order valence-corrected chi connectivity index (χ3v) is 4.98. The van der Waals surface area contributed by atoms with Crippen molar-refractivity contribution in [2.45, 2.75) is 45.6 Å². The number of nitrogens with one attached hydrogen (secondary N) is 1. The minimum atomic E-state index is 0.868. The van der Waals surface area contributed by atoms with E-state index in [1.165, 1.54) is 37.0 Å². The summed E-state index contributed by atoms with van der Waals surface area (Å²) in [4.78, 5) is 1.34. The predicted octanol–water partition coefficient (Wildman–Crippen LogP) is 4.71. The first kappa shape index (κ1) is 13.4. The van der Waals surface area contributed by atoms with E-state index in [9.17, 15) is 0 Å². The van der Waals surface area contributed by atoms with E-state index >= 15 is 0 Å². The van der Waals surface area contributed by atoms with Crippen LogP contribution < -0.4 is 5.32 Å². The number of halogens is 1. The van der Waals surface area contributed by atoms with Gasteiger partial charge >= 0.3 is 0 Å². The number of rotatable bonds is 5. The van der Waals surface area contributed by atoms with Crippen molar-refractivity contribution >= 4 is 22.9 Å². The predicted molar refractivity (Wildman–Crippen MR) is 76.8 cm³/mol. The lowest BCUT2D eigenvalue weighted by Gasteiger charge is -2.26.